The fourth-order valence-electron chi connectivity index (χ4n) is 2.56. The average molecular weight is 297 g/mol. The van der Waals surface area contributed by atoms with Crippen LogP contribution in [0.4, 0.5) is 0 Å². The van der Waals surface area contributed by atoms with Gasteiger partial charge in [0, 0.05) is 31.6 Å². The van der Waals surface area contributed by atoms with Crippen LogP contribution in [-0.4, -0.2) is 36.0 Å². The molecule has 20 heavy (non-hydrogen) atoms. The molecule has 1 N–H and O–H groups in total. The summed E-state index contributed by atoms with van der Waals surface area (Å²) in [6, 6.07) is 9.13. The normalized spacial score (nSPS) is 22.2. The topological polar surface area (TPSA) is 32.3 Å². The van der Waals surface area contributed by atoms with Gasteiger partial charge in [-0.25, -0.2) is 0 Å². The van der Waals surface area contributed by atoms with E-state index < -0.39 is 0 Å². The van der Waals surface area contributed by atoms with E-state index in [1.807, 2.05) is 4.90 Å². The lowest BCUT2D eigenvalue weighted by atomic mass is 10.0. The molecule has 1 aromatic carbocycles. The first kappa shape index (κ1) is 17.0. The zero-order valence-corrected chi connectivity index (χ0v) is 13.4. The Labute approximate surface area is 128 Å². The van der Waals surface area contributed by atoms with Gasteiger partial charge in [0.2, 0.25) is 5.91 Å². The Kier molecular flexibility index (Phi) is 6.50. The Morgan fingerprint density at radius 3 is 2.60 bits per heavy atom. The second-order valence-electron chi connectivity index (χ2n) is 5.56. The van der Waals surface area contributed by atoms with Crippen LogP contribution in [-0.2, 0) is 11.2 Å². The predicted octanol–water partition coefficient (Wildman–Crippen LogP) is 2.56. The lowest BCUT2D eigenvalue weighted by Crippen LogP contribution is -2.57. The van der Waals surface area contributed by atoms with Crippen LogP contribution >= 0.6 is 12.4 Å². The number of hydrogen-bond acceptors (Lipinski definition) is 2. The molecule has 4 heteroatoms. The zero-order chi connectivity index (χ0) is 13.8. The molecular weight excluding hydrogens is 272 g/mol. The highest BCUT2D eigenvalue weighted by atomic mass is 35.5. The molecule has 0 spiro atoms. The quantitative estimate of drug-likeness (QED) is 0.930. The first-order valence-corrected chi connectivity index (χ1v) is 7.16. The molecule has 1 aliphatic heterocycles. The number of nitrogens with zero attached hydrogens (tertiary/aromatic N) is 1. The Hall–Kier alpha value is -1.06. The monoisotopic (exact) mass is 296 g/mol. The van der Waals surface area contributed by atoms with Crippen LogP contribution in [0.3, 0.4) is 0 Å². The number of rotatable bonds is 3. The largest absolute Gasteiger partial charge is 0.337 e. The maximum atomic E-state index is 12.3. The van der Waals surface area contributed by atoms with Gasteiger partial charge in [-0.15, -0.1) is 12.4 Å². The number of amides is 1. The van der Waals surface area contributed by atoms with Crippen LogP contribution in [0.2, 0.25) is 0 Å². The van der Waals surface area contributed by atoms with E-state index in [4.69, 9.17) is 0 Å². The second kappa shape index (κ2) is 7.65. The molecule has 1 fully saturated rings. The Bertz CT molecular complexity index is 433. The van der Waals surface area contributed by atoms with E-state index in [1.165, 1.54) is 11.1 Å². The molecule has 2 rings (SSSR count). The third kappa shape index (κ3) is 4.22. The van der Waals surface area contributed by atoms with Crippen molar-refractivity contribution in [3.8, 4) is 0 Å². The maximum absolute atomic E-state index is 12.3. The van der Waals surface area contributed by atoms with Gasteiger partial charge >= 0.3 is 0 Å². The van der Waals surface area contributed by atoms with E-state index in [9.17, 15) is 4.79 Å². The maximum Gasteiger partial charge on any atom is 0.223 e. The summed E-state index contributed by atoms with van der Waals surface area (Å²) in [7, 11) is 0. The van der Waals surface area contributed by atoms with Crippen LogP contribution in [0, 0.1) is 6.92 Å². The molecule has 112 valence electrons. The molecule has 2 unspecified atom stereocenters. The molecule has 1 heterocycles. The molecule has 1 aromatic rings. The molecular formula is C16H25ClN2O. The van der Waals surface area contributed by atoms with E-state index in [0.717, 1.165) is 19.5 Å². The third-order valence-corrected chi connectivity index (χ3v) is 4.10. The minimum atomic E-state index is 0. The standard InChI is InChI=1S/C16H24N2O.ClH/c1-12-4-6-15(7-5-12)8-9-16(19)18-11-10-17-13(2)14(18)3;/h4-7,13-14,17H,8-11H2,1-3H3;1H. The summed E-state index contributed by atoms with van der Waals surface area (Å²) in [6.07, 6.45) is 1.45. The summed E-state index contributed by atoms with van der Waals surface area (Å²) in [5, 5.41) is 3.40. The smallest absolute Gasteiger partial charge is 0.223 e. The van der Waals surface area contributed by atoms with Gasteiger partial charge in [-0.05, 0) is 32.8 Å². The number of aryl methyl sites for hydroxylation is 2. The van der Waals surface area contributed by atoms with Crippen LogP contribution in [0.5, 0.6) is 0 Å². The van der Waals surface area contributed by atoms with Gasteiger partial charge in [-0.1, -0.05) is 29.8 Å². The van der Waals surface area contributed by atoms with Gasteiger partial charge in [0.15, 0.2) is 0 Å². The SMILES string of the molecule is Cc1ccc(CCC(=O)N2CCNC(C)C2C)cc1.Cl. The van der Waals surface area contributed by atoms with Crippen LogP contribution in [0.1, 0.15) is 31.4 Å². The number of hydrogen-bond donors (Lipinski definition) is 1. The molecule has 0 aliphatic carbocycles. The van der Waals surface area contributed by atoms with Crippen LogP contribution in [0.25, 0.3) is 0 Å². The van der Waals surface area contributed by atoms with E-state index in [-0.39, 0.29) is 18.3 Å². The lowest BCUT2D eigenvalue weighted by molar-refractivity contribution is -0.134. The average Bonchev–Trinajstić information content (AvgIpc) is 2.41. The van der Waals surface area contributed by atoms with Crippen LogP contribution in [0.15, 0.2) is 24.3 Å². The molecule has 1 amide bonds. The van der Waals surface area contributed by atoms with Crippen molar-refractivity contribution in [1.29, 1.82) is 0 Å². The van der Waals surface area contributed by atoms with E-state index in [1.54, 1.807) is 0 Å². The van der Waals surface area contributed by atoms with Crippen molar-refractivity contribution < 1.29 is 4.79 Å². The van der Waals surface area contributed by atoms with Crippen molar-refractivity contribution in [2.45, 2.75) is 45.7 Å². The minimum absolute atomic E-state index is 0. The van der Waals surface area contributed by atoms with Crippen molar-refractivity contribution in [3.05, 3.63) is 35.4 Å². The fourth-order valence-corrected chi connectivity index (χ4v) is 2.56. The van der Waals surface area contributed by atoms with E-state index >= 15 is 0 Å². The molecule has 1 saturated heterocycles. The van der Waals surface area contributed by atoms with Crippen molar-refractivity contribution >= 4 is 18.3 Å². The Balaban J connectivity index is 0.00000200. The minimum Gasteiger partial charge on any atom is -0.337 e. The molecule has 0 radical (unpaired) electrons. The number of halogens is 1. The highest BCUT2D eigenvalue weighted by Crippen LogP contribution is 2.12. The first-order chi connectivity index (χ1) is 9.08. The summed E-state index contributed by atoms with van der Waals surface area (Å²) in [5.41, 5.74) is 2.51. The van der Waals surface area contributed by atoms with E-state index in [2.05, 4.69) is 50.4 Å². The van der Waals surface area contributed by atoms with Gasteiger partial charge in [0.05, 0.1) is 0 Å². The number of carbonyl (C=O) groups is 1. The number of benzene rings is 1. The van der Waals surface area contributed by atoms with Gasteiger partial charge < -0.3 is 10.2 Å². The summed E-state index contributed by atoms with van der Waals surface area (Å²) < 4.78 is 0. The summed E-state index contributed by atoms with van der Waals surface area (Å²) in [4.78, 5) is 14.3. The molecule has 3 nitrogen and oxygen atoms in total. The third-order valence-electron chi connectivity index (χ3n) is 4.10. The van der Waals surface area contributed by atoms with Crippen molar-refractivity contribution in [2.75, 3.05) is 13.1 Å². The molecule has 0 aromatic heterocycles. The summed E-state index contributed by atoms with van der Waals surface area (Å²) >= 11 is 0. The first-order valence-electron chi connectivity index (χ1n) is 7.16. The highest BCUT2D eigenvalue weighted by Gasteiger charge is 2.27. The summed E-state index contributed by atoms with van der Waals surface area (Å²) in [5.74, 6) is 0.279. The van der Waals surface area contributed by atoms with Gasteiger partial charge in [0.1, 0.15) is 0 Å². The fraction of sp³-hybridized carbons (Fsp3) is 0.562. The number of carbonyl (C=O) groups excluding carboxylic acids is 1. The Morgan fingerprint density at radius 2 is 1.95 bits per heavy atom. The molecule has 2 atom stereocenters. The van der Waals surface area contributed by atoms with Gasteiger partial charge in [-0.2, -0.15) is 0 Å². The highest BCUT2D eigenvalue weighted by molar-refractivity contribution is 5.85. The molecule has 1 aliphatic rings. The van der Waals surface area contributed by atoms with Crippen molar-refractivity contribution in [2.24, 2.45) is 0 Å². The summed E-state index contributed by atoms with van der Waals surface area (Å²) in [6.45, 7) is 8.09. The van der Waals surface area contributed by atoms with Gasteiger partial charge in [0.25, 0.3) is 0 Å². The van der Waals surface area contributed by atoms with Crippen LogP contribution < -0.4 is 5.32 Å². The van der Waals surface area contributed by atoms with Crippen molar-refractivity contribution in [1.82, 2.24) is 10.2 Å². The zero-order valence-electron chi connectivity index (χ0n) is 12.6. The predicted molar refractivity (Wildman–Crippen MR) is 85.4 cm³/mol. The molecule has 0 saturated carbocycles. The van der Waals surface area contributed by atoms with E-state index in [0.29, 0.717) is 18.5 Å². The van der Waals surface area contributed by atoms with Crippen molar-refractivity contribution in [3.63, 3.8) is 0 Å². The lowest BCUT2D eigenvalue weighted by Gasteiger charge is -2.38. The number of nitrogens with one attached hydrogen (secondary N) is 1. The molecule has 0 bridgehead atoms. The Morgan fingerprint density at radius 1 is 1.30 bits per heavy atom. The second-order valence-corrected chi connectivity index (χ2v) is 5.56. The number of piperazine rings is 1. The van der Waals surface area contributed by atoms with Gasteiger partial charge in [-0.3, -0.25) is 4.79 Å².